The van der Waals surface area contributed by atoms with Gasteiger partial charge in [-0.25, -0.2) is 0 Å². The van der Waals surface area contributed by atoms with Crippen LogP contribution in [0.25, 0.3) is 11.3 Å². The summed E-state index contributed by atoms with van der Waals surface area (Å²) in [5.41, 5.74) is 8.79. The maximum Gasteiger partial charge on any atom is 0.0941 e. The largest absolute Gasteiger partial charge is 0.367 e. The summed E-state index contributed by atoms with van der Waals surface area (Å²) in [5.74, 6) is 0. The Balaban J connectivity index is 2.33. The van der Waals surface area contributed by atoms with Crippen LogP contribution in [-0.4, -0.2) is 21.3 Å². The molecule has 4 heteroatoms. The van der Waals surface area contributed by atoms with Crippen molar-refractivity contribution in [2.75, 3.05) is 6.54 Å². The topological polar surface area (TPSA) is 59.6 Å². The molecule has 4 nitrogen and oxygen atoms in total. The highest BCUT2D eigenvalue weighted by Crippen LogP contribution is 2.17. The van der Waals surface area contributed by atoms with Crippen molar-refractivity contribution in [1.82, 2.24) is 14.8 Å². The molecule has 3 N–H and O–H groups in total. The molecule has 2 rings (SSSR count). The molecule has 0 bridgehead atoms. The van der Waals surface area contributed by atoms with Crippen molar-refractivity contribution in [2.45, 2.75) is 6.42 Å². The molecule has 2 aromatic heterocycles. The van der Waals surface area contributed by atoms with Crippen LogP contribution in [0.2, 0.25) is 0 Å². The van der Waals surface area contributed by atoms with Gasteiger partial charge >= 0.3 is 0 Å². The Morgan fingerprint density at radius 3 is 3.07 bits per heavy atom. The third-order valence-electron chi connectivity index (χ3n) is 2.27. The molecule has 0 aliphatic heterocycles. The average molecular weight is 190 g/mol. The van der Waals surface area contributed by atoms with Crippen molar-refractivity contribution in [2.24, 2.45) is 12.8 Å². The number of nitrogens with one attached hydrogen (secondary N) is 1. The first-order chi connectivity index (χ1) is 6.81. The second-order valence-corrected chi connectivity index (χ2v) is 3.28. The van der Waals surface area contributed by atoms with Crippen LogP contribution in [0.15, 0.2) is 24.5 Å². The lowest BCUT2D eigenvalue weighted by Gasteiger charge is -1.96. The number of hydrogen-bond donors (Lipinski definition) is 2. The van der Waals surface area contributed by atoms with E-state index >= 15 is 0 Å². The summed E-state index contributed by atoms with van der Waals surface area (Å²) in [6.07, 6.45) is 4.70. The minimum atomic E-state index is 0.659. The molecule has 0 atom stereocenters. The predicted molar refractivity (Wildman–Crippen MR) is 55.8 cm³/mol. The summed E-state index contributed by atoms with van der Waals surface area (Å²) >= 11 is 0. The quantitative estimate of drug-likeness (QED) is 0.756. The van der Waals surface area contributed by atoms with Gasteiger partial charge in [-0.1, -0.05) is 0 Å². The molecule has 74 valence electrons. The molecule has 14 heavy (non-hydrogen) atoms. The maximum absolute atomic E-state index is 5.51. The number of nitrogens with two attached hydrogens (primary N) is 1. The van der Waals surface area contributed by atoms with Crippen LogP contribution >= 0.6 is 0 Å². The maximum atomic E-state index is 5.51. The first-order valence-electron chi connectivity index (χ1n) is 4.67. The van der Waals surface area contributed by atoms with Gasteiger partial charge in [0.25, 0.3) is 0 Å². The van der Waals surface area contributed by atoms with Gasteiger partial charge in [-0.05, 0) is 18.7 Å². The molecule has 2 aromatic rings. The zero-order valence-electron chi connectivity index (χ0n) is 8.20. The van der Waals surface area contributed by atoms with E-state index in [-0.39, 0.29) is 0 Å². The summed E-state index contributed by atoms with van der Waals surface area (Å²) in [7, 11) is 1.95. The zero-order valence-corrected chi connectivity index (χ0v) is 8.20. The number of aromatic nitrogens is 3. The Kier molecular flexibility index (Phi) is 2.37. The summed E-state index contributed by atoms with van der Waals surface area (Å²) < 4.78 is 1.88. The number of nitrogens with zero attached hydrogens (tertiary/aromatic N) is 2. The van der Waals surface area contributed by atoms with Crippen LogP contribution in [0, 0.1) is 0 Å². The van der Waals surface area contributed by atoms with Crippen LogP contribution in [0.5, 0.6) is 0 Å². The van der Waals surface area contributed by atoms with E-state index in [2.05, 4.69) is 16.1 Å². The van der Waals surface area contributed by atoms with Crippen LogP contribution in [-0.2, 0) is 13.5 Å². The fraction of sp³-hybridized carbons (Fsp3) is 0.300. The molecule has 0 aromatic carbocycles. The Morgan fingerprint density at radius 2 is 2.43 bits per heavy atom. The number of hydrogen-bond acceptors (Lipinski definition) is 2. The van der Waals surface area contributed by atoms with E-state index in [4.69, 9.17) is 5.73 Å². The molecule has 0 saturated heterocycles. The Labute approximate surface area is 82.7 Å². The molecule has 0 aliphatic rings. The average Bonchev–Trinajstić information content (AvgIpc) is 2.76. The molecule has 0 aliphatic carbocycles. The summed E-state index contributed by atoms with van der Waals surface area (Å²) in [6, 6.07) is 4.09. The van der Waals surface area contributed by atoms with Crippen molar-refractivity contribution in [3.8, 4) is 11.3 Å². The highest BCUT2D eigenvalue weighted by Gasteiger charge is 2.06. The van der Waals surface area contributed by atoms with Crippen molar-refractivity contribution < 1.29 is 0 Å². The SMILES string of the molecule is Cn1nc(-c2cc[nH]c2)cc1CCN. The smallest absolute Gasteiger partial charge is 0.0941 e. The predicted octanol–water partition coefficient (Wildman–Crippen LogP) is 0.916. The van der Waals surface area contributed by atoms with Crippen molar-refractivity contribution in [1.29, 1.82) is 0 Å². The first kappa shape index (κ1) is 9.02. The van der Waals surface area contributed by atoms with Gasteiger partial charge in [-0.2, -0.15) is 5.10 Å². The fourth-order valence-electron chi connectivity index (χ4n) is 1.51. The number of aromatic amines is 1. The summed E-state index contributed by atoms with van der Waals surface area (Å²) in [5, 5.41) is 4.41. The van der Waals surface area contributed by atoms with Crippen LogP contribution in [0.3, 0.4) is 0 Å². The normalized spacial score (nSPS) is 10.7. The van der Waals surface area contributed by atoms with Crippen molar-refractivity contribution in [3.63, 3.8) is 0 Å². The van der Waals surface area contributed by atoms with Gasteiger partial charge in [0, 0.05) is 37.1 Å². The minimum absolute atomic E-state index is 0.659. The van der Waals surface area contributed by atoms with Crippen molar-refractivity contribution >= 4 is 0 Å². The fourth-order valence-corrected chi connectivity index (χ4v) is 1.51. The summed E-state index contributed by atoms with van der Waals surface area (Å²) in [6.45, 7) is 0.659. The van der Waals surface area contributed by atoms with E-state index in [0.717, 1.165) is 17.7 Å². The minimum Gasteiger partial charge on any atom is -0.367 e. The molecule has 0 unspecified atom stereocenters. The van der Waals surface area contributed by atoms with Crippen LogP contribution in [0.1, 0.15) is 5.69 Å². The Bertz CT molecular complexity index is 400. The van der Waals surface area contributed by atoms with Crippen molar-refractivity contribution in [3.05, 3.63) is 30.2 Å². The lowest BCUT2D eigenvalue weighted by atomic mass is 10.2. The van der Waals surface area contributed by atoms with Gasteiger partial charge in [0.2, 0.25) is 0 Å². The zero-order chi connectivity index (χ0) is 9.97. The molecule has 0 spiro atoms. The van der Waals surface area contributed by atoms with Gasteiger partial charge in [0.05, 0.1) is 5.69 Å². The highest BCUT2D eigenvalue weighted by atomic mass is 15.3. The molecule has 0 amide bonds. The standard InChI is InChI=1S/C10H14N4/c1-14-9(2-4-11)6-10(13-14)8-3-5-12-7-8/h3,5-7,12H,2,4,11H2,1H3. The van der Waals surface area contributed by atoms with E-state index in [0.29, 0.717) is 6.54 Å². The third kappa shape index (κ3) is 1.56. The Hall–Kier alpha value is -1.55. The molecular weight excluding hydrogens is 176 g/mol. The van der Waals surface area contributed by atoms with E-state index in [1.54, 1.807) is 0 Å². The third-order valence-corrected chi connectivity index (χ3v) is 2.27. The van der Waals surface area contributed by atoms with E-state index in [1.807, 2.05) is 30.2 Å². The second-order valence-electron chi connectivity index (χ2n) is 3.28. The van der Waals surface area contributed by atoms with E-state index in [9.17, 15) is 0 Å². The first-order valence-corrected chi connectivity index (χ1v) is 4.67. The molecule has 2 heterocycles. The van der Waals surface area contributed by atoms with Gasteiger partial charge in [0.15, 0.2) is 0 Å². The number of rotatable bonds is 3. The number of aryl methyl sites for hydroxylation is 1. The van der Waals surface area contributed by atoms with E-state index in [1.165, 1.54) is 5.69 Å². The van der Waals surface area contributed by atoms with E-state index < -0.39 is 0 Å². The highest BCUT2D eigenvalue weighted by molar-refractivity contribution is 5.58. The monoisotopic (exact) mass is 190 g/mol. The van der Waals surface area contributed by atoms with Crippen LogP contribution < -0.4 is 5.73 Å². The molecule has 0 radical (unpaired) electrons. The van der Waals surface area contributed by atoms with Gasteiger partial charge in [-0.15, -0.1) is 0 Å². The van der Waals surface area contributed by atoms with Gasteiger partial charge in [-0.3, -0.25) is 4.68 Å². The lowest BCUT2D eigenvalue weighted by Crippen LogP contribution is -2.06. The van der Waals surface area contributed by atoms with Crippen LogP contribution in [0.4, 0.5) is 0 Å². The summed E-state index contributed by atoms with van der Waals surface area (Å²) in [4.78, 5) is 3.01. The lowest BCUT2D eigenvalue weighted by molar-refractivity contribution is 0.708. The molecular formula is C10H14N4. The molecule has 0 fully saturated rings. The Morgan fingerprint density at radius 1 is 1.57 bits per heavy atom. The second kappa shape index (κ2) is 3.67. The van der Waals surface area contributed by atoms with Gasteiger partial charge < -0.3 is 10.7 Å². The molecule has 0 saturated carbocycles. The van der Waals surface area contributed by atoms with Gasteiger partial charge in [0.1, 0.15) is 0 Å². The number of H-pyrrole nitrogens is 1.